The van der Waals surface area contributed by atoms with Gasteiger partial charge in [-0.3, -0.25) is 14.5 Å². The summed E-state index contributed by atoms with van der Waals surface area (Å²) in [5.41, 5.74) is 1.68. The molecule has 1 saturated heterocycles. The summed E-state index contributed by atoms with van der Waals surface area (Å²) in [6.45, 7) is 5.39. The van der Waals surface area contributed by atoms with E-state index in [0.717, 1.165) is 47.6 Å². The van der Waals surface area contributed by atoms with Crippen LogP contribution in [0, 0.1) is 5.92 Å². The zero-order chi connectivity index (χ0) is 24.3. The number of benzene rings is 2. The third kappa shape index (κ3) is 4.79. The molecule has 2 aromatic carbocycles. The number of urea groups is 1. The maximum atomic E-state index is 13.3. The van der Waals surface area contributed by atoms with Crippen molar-refractivity contribution in [2.75, 3.05) is 16.8 Å². The molecule has 1 heterocycles. The molecule has 0 aromatic heterocycles. The van der Waals surface area contributed by atoms with Crippen molar-refractivity contribution in [3.8, 4) is 0 Å². The highest BCUT2D eigenvalue weighted by molar-refractivity contribution is 6.10. The molecule has 4 rings (SSSR count). The van der Waals surface area contributed by atoms with Gasteiger partial charge in [0.25, 0.3) is 5.91 Å². The van der Waals surface area contributed by atoms with Gasteiger partial charge in [-0.1, -0.05) is 37.5 Å². The number of amides is 4. The predicted molar refractivity (Wildman–Crippen MR) is 134 cm³/mol. The molecule has 7 heteroatoms. The maximum absolute atomic E-state index is 13.3. The van der Waals surface area contributed by atoms with Gasteiger partial charge in [-0.25, -0.2) is 4.79 Å². The second-order valence-corrected chi connectivity index (χ2v) is 9.75. The van der Waals surface area contributed by atoms with Gasteiger partial charge in [-0.05, 0) is 75.9 Å². The zero-order valence-corrected chi connectivity index (χ0v) is 20.2. The van der Waals surface area contributed by atoms with Crippen molar-refractivity contribution in [2.45, 2.75) is 64.5 Å². The summed E-state index contributed by atoms with van der Waals surface area (Å²) in [6, 6.07) is 16.8. The van der Waals surface area contributed by atoms with E-state index in [9.17, 15) is 14.4 Å². The molecule has 4 amide bonds. The molecule has 0 bridgehead atoms. The van der Waals surface area contributed by atoms with Crippen molar-refractivity contribution in [2.24, 2.45) is 5.92 Å². The molecule has 180 valence electrons. The van der Waals surface area contributed by atoms with Gasteiger partial charge in [-0.15, -0.1) is 0 Å². The van der Waals surface area contributed by atoms with Crippen LogP contribution < -0.4 is 15.5 Å². The van der Waals surface area contributed by atoms with E-state index in [4.69, 9.17) is 0 Å². The van der Waals surface area contributed by atoms with Gasteiger partial charge < -0.3 is 15.5 Å². The first-order valence-corrected chi connectivity index (χ1v) is 12.2. The van der Waals surface area contributed by atoms with Gasteiger partial charge in [0.1, 0.15) is 12.1 Å². The number of para-hydroxylation sites is 1. The minimum Gasteiger partial charge on any atom is -0.356 e. The standard InChI is InChI=1S/C27H34N4O3/c1-19(2)31(23-16-14-22(15-17-23)28-21-12-8-5-9-13-21)24(32)18-30-25(33)27(3,29-26(30)34)20-10-6-4-7-11-20/h5,8-9,12-17,19-20,28H,4,6-7,10-11,18H2,1-3H3,(H,29,34). The minimum atomic E-state index is -0.925. The van der Waals surface area contributed by atoms with Gasteiger partial charge in [-0.2, -0.15) is 0 Å². The average molecular weight is 463 g/mol. The topological polar surface area (TPSA) is 81.8 Å². The molecule has 2 N–H and O–H groups in total. The summed E-state index contributed by atoms with van der Waals surface area (Å²) in [7, 11) is 0. The van der Waals surface area contributed by atoms with E-state index in [0.29, 0.717) is 0 Å². The van der Waals surface area contributed by atoms with Crippen LogP contribution in [0.3, 0.4) is 0 Å². The second-order valence-electron chi connectivity index (χ2n) is 9.75. The Bertz CT molecular complexity index is 1030. The summed E-state index contributed by atoms with van der Waals surface area (Å²) in [4.78, 5) is 42.1. The number of carbonyl (C=O) groups is 3. The van der Waals surface area contributed by atoms with E-state index in [-0.39, 0.29) is 30.3 Å². The molecule has 1 unspecified atom stereocenters. The normalized spacial score (nSPS) is 21.0. The lowest BCUT2D eigenvalue weighted by Gasteiger charge is -2.34. The Morgan fingerprint density at radius 1 is 1.03 bits per heavy atom. The average Bonchev–Trinajstić information content (AvgIpc) is 3.05. The Kier molecular flexibility index (Phi) is 6.91. The first kappa shape index (κ1) is 23.8. The van der Waals surface area contributed by atoms with Crippen molar-refractivity contribution in [3.63, 3.8) is 0 Å². The van der Waals surface area contributed by atoms with E-state index in [2.05, 4.69) is 10.6 Å². The maximum Gasteiger partial charge on any atom is 0.325 e. The number of imide groups is 1. The fourth-order valence-electron chi connectivity index (χ4n) is 5.15. The van der Waals surface area contributed by atoms with E-state index in [1.54, 1.807) is 4.90 Å². The van der Waals surface area contributed by atoms with Crippen LogP contribution in [0.1, 0.15) is 52.9 Å². The van der Waals surface area contributed by atoms with E-state index >= 15 is 0 Å². The molecule has 1 atom stereocenters. The Morgan fingerprint density at radius 3 is 2.26 bits per heavy atom. The number of hydrogen-bond donors (Lipinski definition) is 2. The van der Waals surface area contributed by atoms with Crippen LogP contribution in [0.15, 0.2) is 54.6 Å². The highest BCUT2D eigenvalue weighted by Crippen LogP contribution is 2.36. The smallest absolute Gasteiger partial charge is 0.325 e. The second kappa shape index (κ2) is 9.87. The fourth-order valence-corrected chi connectivity index (χ4v) is 5.15. The fraction of sp³-hybridized carbons (Fsp3) is 0.444. The number of nitrogens with one attached hydrogen (secondary N) is 2. The molecule has 2 fully saturated rings. The monoisotopic (exact) mass is 462 g/mol. The lowest BCUT2D eigenvalue weighted by atomic mass is 9.75. The van der Waals surface area contributed by atoms with Gasteiger partial charge in [0, 0.05) is 23.1 Å². The SMILES string of the molecule is CC(C)N(C(=O)CN1C(=O)NC(C)(C2CCCCC2)C1=O)c1ccc(Nc2ccccc2)cc1. The van der Waals surface area contributed by atoms with Crippen molar-refractivity contribution < 1.29 is 14.4 Å². The molecule has 0 spiro atoms. The molecule has 1 aliphatic heterocycles. The number of carbonyl (C=O) groups excluding carboxylic acids is 3. The molecular weight excluding hydrogens is 428 g/mol. The number of rotatable bonds is 7. The molecule has 7 nitrogen and oxygen atoms in total. The van der Waals surface area contributed by atoms with Gasteiger partial charge in [0.15, 0.2) is 0 Å². The third-order valence-electron chi connectivity index (χ3n) is 7.01. The zero-order valence-electron chi connectivity index (χ0n) is 20.2. The Balaban J connectivity index is 1.47. The van der Waals surface area contributed by atoms with Crippen LogP contribution in [-0.4, -0.2) is 40.9 Å². The predicted octanol–water partition coefficient (Wildman–Crippen LogP) is 5.06. The highest BCUT2D eigenvalue weighted by Gasteiger charge is 2.52. The summed E-state index contributed by atoms with van der Waals surface area (Å²) in [6.07, 6.45) is 5.15. The lowest BCUT2D eigenvalue weighted by Crippen LogP contribution is -2.52. The quantitative estimate of drug-likeness (QED) is 0.564. The molecule has 2 aliphatic rings. The summed E-state index contributed by atoms with van der Waals surface area (Å²) in [5, 5.41) is 6.23. The number of nitrogens with zero attached hydrogens (tertiary/aromatic N) is 2. The first-order valence-electron chi connectivity index (χ1n) is 12.2. The molecule has 0 radical (unpaired) electrons. The Morgan fingerprint density at radius 2 is 1.65 bits per heavy atom. The molecule has 2 aromatic rings. The van der Waals surface area contributed by atoms with Crippen molar-refractivity contribution in [1.82, 2.24) is 10.2 Å². The highest BCUT2D eigenvalue weighted by atomic mass is 16.2. The van der Waals surface area contributed by atoms with Crippen molar-refractivity contribution in [3.05, 3.63) is 54.6 Å². The summed E-state index contributed by atoms with van der Waals surface area (Å²) >= 11 is 0. The van der Waals surface area contributed by atoms with Crippen LogP contribution >= 0.6 is 0 Å². The summed E-state index contributed by atoms with van der Waals surface area (Å²) in [5.74, 6) is -0.456. The van der Waals surface area contributed by atoms with Crippen molar-refractivity contribution in [1.29, 1.82) is 0 Å². The lowest BCUT2D eigenvalue weighted by molar-refractivity contribution is -0.135. The minimum absolute atomic E-state index is 0.115. The Labute approximate surface area is 201 Å². The molecule has 34 heavy (non-hydrogen) atoms. The van der Waals surface area contributed by atoms with E-state index < -0.39 is 11.6 Å². The van der Waals surface area contributed by atoms with Gasteiger partial charge in [0.05, 0.1) is 0 Å². The van der Waals surface area contributed by atoms with Crippen LogP contribution in [0.25, 0.3) is 0 Å². The van der Waals surface area contributed by atoms with Crippen LogP contribution in [-0.2, 0) is 9.59 Å². The number of anilines is 3. The Hall–Kier alpha value is -3.35. The molecular formula is C27H34N4O3. The van der Waals surface area contributed by atoms with E-state index in [1.165, 1.54) is 6.42 Å². The first-order chi connectivity index (χ1) is 16.3. The van der Waals surface area contributed by atoms with Crippen LogP contribution in [0.4, 0.5) is 21.9 Å². The van der Waals surface area contributed by atoms with Crippen molar-refractivity contribution >= 4 is 34.9 Å². The molecule has 1 saturated carbocycles. The molecule has 1 aliphatic carbocycles. The van der Waals surface area contributed by atoms with E-state index in [1.807, 2.05) is 75.4 Å². The summed E-state index contributed by atoms with van der Waals surface area (Å²) < 4.78 is 0. The van der Waals surface area contributed by atoms with Gasteiger partial charge >= 0.3 is 6.03 Å². The largest absolute Gasteiger partial charge is 0.356 e. The van der Waals surface area contributed by atoms with Crippen LogP contribution in [0.2, 0.25) is 0 Å². The van der Waals surface area contributed by atoms with Crippen LogP contribution in [0.5, 0.6) is 0 Å². The third-order valence-corrected chi connectivity index (χ3v) is 7.01. The number of hydrogen-bond acceptors (Lipinski definition) is 4. The van der Waals surface area contributed by atoms with Gasteiger partial charge in [0.2, 0.25) is 5.91 Å².